The summed E-state index contributed by atoms with van der Waals surface area (Å²) in [7, 11) is 0. The van der Waals surface area contributed by atoms with Gasteiger partial charge in [-0.2, -0.15) is 0 Å². The second kappa shape index (κ2) is 5.01. The van der Waals surface area contributed by atoms with E-state index in [1.54, 1.807) is 6.92 Å². The summed E-state index contributed by atoms with van der Waals surface area (Å²) >= 11 is 0. The van der Waals surface area contributed by atoms with E-state index in [0.29, 0.717) is 35.6 Å². The number of anilines is 1. The first kappa shape index (κ1) is 14.1. The van der Waals surface area contributed by atoms with Crippen LogP contribution in [0.4, 0.5) is 14.7 Å². The van der Waals surface area contributed by atoms with Crippen LogP contribution in [-0.4, -0.2) is 10.9 Å². The van der Waals surface area contributed by atoms with Crippen LogP contribution < -0.4 is 5.32 Å². The normalized spacial score (nSPS) is 20.1. The van der Waals surface area contributed by atoms with Gasteiger partial charge in [0.2, 0.25) is 5.88 Å². The number of fused-ring (bicyclic) bond motifs is 1. The second-order valence-corrected chi connectivity index (χ2v) is 5.90. The van der Waals surface area contributed by atoms with E-state index >= 15 is 0 Å². The molecule has 1 aliphatic heterocycles. The van der Waals surface area contributed by atoms with Gasteiger partial charge in [-0.05, 0) is 25.8 Å². The number of halogens is 2. The average molecular weight is 316 g/mol. The number of hydrogen-bond acceptors (Lipinski definition) is 4. The molecule has 118 valence electrons. The van der Waals surface area contributed by atoms with E-state index in [-0.39, 0.29) is 11.3 Å². The number of nitrogens with one attached hydrogen (secondary N) is 1. The standard InChI is InChI=1S/C17H14F2N2O2/c1-8-14-15(10-6-5-9(18)7-11(10)19)16-12(3-2-4-13(16)22)20-17(14)23-21-8/h5-7,15,20H,2-4H2,1H3/t15-/m0/s1. The minimum Gasteiger partial charge on any atom is -0.338 e. The molecule has 0 spiro atoms. The Morgan fingerprint density at radius 3 is 2.91 bits per heavy atom. The molecular weight excluding hydrogens is 302 g/mol. The van der Waals surface area contributed by atoms with E-state index in [9.17, 15) is 13.6 Å². The van der Waals surface area contributed by atoms with E-state index < -0.39 is 17.6 Å². The van der Waals surface area contributed by atoms with Crippen LogP contribution in [0, 0.1) is 18.6 Å². The molecule has 0 saturated heterocycles. The molecule has 4 nitrogen and oxygen atoms in total. The highest BCUT2D eigenvalue weighted by molar-refractivity contribution is 6.00. The summed E-state index contributed by atoms with van der Waals surface area (Å²) in [6.07, 6.45) is 1.87. The largest absolute Gasteiger partial charge is 0.338 e. The van der Waals surface area contributed by atoms with Gasteiger partial charge in [-0.1, -0.05) is 11.2 Å². The molecule has 2 aromatic rings. The predicted molar refractivity (Wildman–Crippen MR) is 78.9 cm³/mol. The topological polar surface area (TPSA) is 55.1 Å². The van der Waals surface area contributed by atoms with Crippen LogP contribution in [0.1, 0.15) is 42.0 Å². The number of allylic oxidation sites excluding steroid dienone is 2. The Morgan fingerprint density at radius 1 is 1.30 bits per heavy atom. The lowest BCUT2D eigenvalue weighted by atomic mass is 9.76. The molecule has 0 saturated carbocycles. The molecule has 2 aliphatic rings. The van der Waals surface area contributed by atoms with Crippen molar-refractivity contribution in [2.24, 2.45) is 0 Å². The van der Waals surface area contributed by atoms with Gasteiger partial charge in [0.25, 0.3) is 0 Å². The van der Waals surface area contributed by atoms with Crippen molar-refractivity contribution in [2.75, 3.05) is 5.32 Å². The number of carbonyl (C=O) groups excluding carboxylic acids is 1. The molecule has 1 aliphatic carbocycles. The van der Waals surface area contributed by atoms with Crippen molar-refractivity contribution >= 4 is 11.7 Å². The predicted octanol–water partition coefficient (Wildman–Crippen LogP) is 3.83. The Bertz CT molecular complexity index is 854. The summed E-state index contributed by atoms with van der Waals surface area (Å²) in [6, 6.07) is 3.44. The first-order valence-electron chi connectivity index (χ1n) is 7.50. The van der Waals surface area contributed by atoms with Gasteiger partial charge in [-0.3, -0.25) is 4.79 Å². The van der Waals surface area contributed by atoms with Gasteiger partial charge in [0.15, 0.2) is 5.78 Å². The van der Waals surface area contributed by atoms with Crippen LogP contribution in [0.2, 0.25) is 0 Å². The fourth-order valence-corrected chi connectivity index (χ4v) is 3.46. The molecule has 1 atom stereocenters. The lowest BCUT2D eigenvalue weighted by molar-refractivity contribution is -0.116. The quantitative estimate of drug-likeness (QED) is 0.869. The first-order chi connectivity index (χ1) is 11.1. The molecule has 4 rings (SSSR count). The van der Waals surface area contributed by atoms with Crippen molar-refractivity contribution in [3.05, 3.63) is 57.9 Å². The molecule has 0 amide bonds. The van der Waals surface area contributed by atoms with E-state index in [2.05, 4.69) is 10.5 Å². The third-order valence-corrected chi connectivity index (χ3v) is 4.48. The summed E-state index contributed by atoms with van der Waals surface area (Å²) in [4.78, 5) is 12.5. The van der Waals surface area contributed by atoms with Gasteiger partial charge in [-0.15, -0.1) is 0 Å². The Labute approximate surface area is 131 Å². The zero-order valence-corrected chi connectivity index (χ0v) is 12.5. The third-order valence-electron chi connectivity index (χ3n) is 4.48. The Balaban J connectivity index is 1.98. The average Bonchev–Trinajstić information content (AvgIpc) is 2.87. The number of Topliss-reactive ketones (excluding diaryl/α,β-unsaturated/α-hetero) is 1. The minimum absolute atomic E-state index is 0.0151. The Kier molecular flexibility index (Phi) is 3.07. The van der Waals surface area contributed by atoms with Crippen LogP contribution >= 0.6 is 0 Å². The van der Waals surface area contributed by atoms with E-state index in [4.69, 9.17) is 4.52 Å². The molecule has 1 aromatic heterocycles. The lowest BCUT2D eigenvalue weighted by Crippen LogP contribution is -2.27. The van der Waals surface area contributed by atoms with Crippen LogP contribution in [0.3, 0.4) is 0 Å². The number of carbonyl (C=O) groups is 1. The summed E-state index contributed by atoms with van der Waals surface area (Å²) in [5, 5.41) is 7.05. The molecule has 0 radical (unpaired) electrons. The first-order valence-corrected chi connectivity index (χ1v) is 7.50. The van der Waals surface area contributed by atoms with Crippen LogP contribution in [0.25, 0.3) is 0 Å². The van der Waals surface area contributed by atoms with Crippen molar-refractivity contribution in [3.8, 4) is 0 Å². The van der Waals surface area contributed by atoms with Gasteiger partial charge < -0.3 is 9.84 Å². The molecule has 0 unspecified atom stereocenters. The van der Waals surface area contributed by atoms with Gasteiger partial charge in [0.1, 0.15) is 11.6 Å². The van der Waals surface area contributed by atoms with E-state index in [1.165, 1.54) is 12.1 Å². The van der Waals surface area contributed by atoms with Crippen LogP contribution in [0.15, 0.2) is 34.0 Å². The molecule has 1 N–H and O–H groups in total. The fraction of sp³-hybridized carbons (Fsp3) is 0.294. The van der Waals surface area contributed by atoms with Crippen molar-refractivity contribution in [2.45, 2.75) is 32.1 Å². The second-order valence-electron chi connectivity index (χ2n) is 5.90. The highest BCUT2D eigenvalue weighted by atomic mass is 19.1. The summed E-state index contributed by atoms with van der Waals surface area (Å²) in [5.74, 6) is -1.51. The minimum atomic E-state index is -0.673. The van der Waals surface area contributed by atoms with Crippen LogP contribution in [0.5, 0.6) is 0 Å². The Morgan fingerprint density at radius 2 is 2.13 bits per heavy atom. The summed E-state index contributed by atoms with van der Waals surface area (Å²) in [6.45, 7) is 1.75. The molecule has 0 bridgehead atoms. The number of nitrogens with zero attached hydrogens (tertiary/aromatic N) is 1. The van der Waals surface area contributed by atoms with Crippen molar-refractivity contribution in [3.63, 3.8) is 0 Å². The van der Waals surface area contributed by atoms with Crippen molar-refractivity contribution < 1.29 is 18.1 Å². The number of rotatable bonds is 1. The fourth-order valence-electron chi connectivity index (χ4n) is 3.46. The molecule has 2 heterocycles. The molecule has 6 heteroatoms. The zero-order valence-electron chi connectivity index (χ0n) is 12.5. The van der Waals surface area contributed by atoms with Crippen molar-refractivity contribution in [1.82, 2.24) is 5.16 Å². The maximum absolute atomic E-state index is 14.4. The molecule has 23 heavy (non-hydrogen) atoms. The van der Waals surface area contributed by atoms with Crippen molar-refractivity contribution in [1.29, 1.82) is 0 Å². The third kappa shape index (κ3) is 2.09. The highest BCUT2D eigenvalue weighted by Gasteiger charge is 2.39. The smallest absolute Gasteiger partial charge is 0.233 e. The number of aromatic nitrogens is 1. The maximum atomic E-state index is 14.4. The van der Waals surface area contributed by atoms with Gasteiger partial charge in [-0.25, -0.2) is 8.78 Å². The maximum Gasteiger partial charge on any atom is 0.233 e. The molecular formula is C17H14F2N2O2. The number of ketones is 1. The summed E-state index contributed by atoms with van der Waals surface area (Å²) in [5.41, 5.74) is 2.79. The van der Waals surface area contributed by atoms with E-state index in [0.717, 1.165) is 18.2 Å². The number of aryl methyl sites for hydroxylation is 1. The lowest BCUT2D eigenvalue weighted by Gasteiger charge is -2.31. The van der Waals surface area contributed by atoms with E-state index in [1.807, 2.05) is 0 Å². The number of hydrogen-bond donors (Lipinski definition) is 1. The van der Waals surface area contributed by atoms with Gasteiger partial charge in [0.05, 0.1) is 11.3 Å². The van der Waals surface area contributed by atoms with Crippen LogP contribution in [-0.2, 0) is 4.79 Å². The highest BCUT2D eigenvalue weighted by Crippen LogP contribution is 2.47. The SMILES string of the molecule is Cc1noc2c1[C@H](c1ccc(F)cc1F)C1=C(CCCC1=O)N2. The molecule has 1 aromatic carbocycles. The zero-order chi connectivity index (χ0) is 16.1. The van der Waals surface area contributed by atoms with Gasteiger partial charge in [0, 0.05) is 35.2 Å². The number of benzene rings is 1. The van der Waals surface area contributed by atoms with Gasteiger partial charge >= 0.3 is 0 Å². The molecule has 0 fully saturated rings. The Hall–Kier alpha value is -2.50. The monoisotopic (exact) mass is 316 g/mol. The summed E-state index contributed by atoms with van der Waals surface area (Å²) < 4.78 is 33.0.